The van der Waals surface area contributed by atoms with Crippen LogP contribution in [-0.2, 0) is 27.2 Å². The molecule has 0 spiro atoms. The molecule has 1 aliphatic rings. The van der Waals surface area contributed by atoms with Gasteiger partial charge in [0, 0.05) is 18.8 Å². The van der Waals surface area contributed by atoms with Gasteiger partial charge in [0.25, 0.3) is 0 Å². The number of nitrogens with zero attached hydrogens (tertiary/aromatic N) is 1. The highest BCUT2D eigenvalue weighted by molar-refractivity contribution is 5.92. The Morgan fingerprint density at radius 3 is 2.21 bits per heavy atom. The van der Waals surface area contributed by atoms with E-state index in [9.17, 15) is 9.59 Å². The number of anilines is 1. The molecule has 2 aromatic rings. The second kappa shape index (κ2) is 9.90. The second-order valence-corrected chi connectivity index (χ2v) is 6.67. The smallest absolute Gasteiger partial charge is 0.228 e. The Balaban J connectivity index is 1.49. The summed E-state index contributed by atoms with van der Waals surface area (Å²) in [5.74, 6) is 0.825. The first-order valence-electron chi connectivity index (χ1n) is 9.60. The van der Waals surface area contributed by atoms with Gasteiger partial charge in [-0.25, -0.2) is 0 Å². The fourth-order valence-corrected chi connectivity index (χ4v) is 3.07. The van der Waals surface area contributed by atoms with Crippen molar-refractivity contribution in [3.63, 3.8) is 0 Å². The molecule has 0 bridgehead atoms. The zero-order valence-corrected chi connectivity index (χ0v) is 16.1. The highest BCUT2D eigenvalue weighted by Gasteiger charge is 2.16. The van der Waals surface area contributed by atoms with Gasteiger partial charge in [0.2, 0.25) is 11.8 Å². The van der Waals surface area contributed by atoms with Gasteiger partial charge in [-0.15, -0.1) is 0 Å². The first-order valence-corrected chi connectivity index (χ1v) is 9.60. The number of hydrogen-bond donors (Lipinski definition) is 1. The van der Waals surface area contributed by atoms with Crippen molar-refractivity contribution in [2.75, 3.05) is 38.2 Å². The minimum Gasteiger partial charge on any atom is -0.494 e. The third kappa shape index (κ3) is 5.82. The molecule has 0 unspecified atom stereocenters. The van der Waals surface area contributed by atoms with E-state index < -0.39 is 0 Å². The molecule has 2 amide bonds. The van der Waals surface area contributed by atoms with E-state index >= 15 is 0 Å². The molecule has 2 aromatic carbocycles. The maximum absolute atomic E-state index is 12.3. The van der Waals surface area contributed by atoms with Crippen LogP contribution in [0.5, 0.6) is 5.75 Å². The van der Waals surface area contributed by atoms with Crippen LogP contribution in [0.3, 0.4) is 0 Å². The number of nitrogens with one attached hydrogen (secondary N) is 1. The Hall–Kier alpha value is -2.86. The van der Waals surface area contributed by atoms with E-state index in [0.717, 1.165) is 22.6 Å². The van der Waals surface area contributed by atoms with Crippen LogP contribution in [0.1, 0.15) is 18.1 Å². The quantitative estimate of drug-likeness (QED) is 0.799. The normalized spacial score (nSPS) is 13.8. The Morgan fingerprint density at radius 1 is 0.964 bits per heavy atom. The summed E-state index contributed by atoms with van der Waals surface area (Å²) >= 11 is 0. The average Bonchev–Trinajstić information content (AvgIpc) is 2.72. The summed E-state index contributed by atoms with van der Waals surface area (Å²) in [6, 6.07) is 14.9. The highest BCUT2D eigenvalue weighted by Crippen LogP contribution is 2.15. The molecule has 0 aromatic heterocycles. The first-order chi connectivity index (χ1) is 13.6. The summed E-state index contributed by atoms with van der Waals surface area (Å²) in [6.45, 7) is 5.06. The van der Waals surface area contributed by atoms with Gasteiger partial charge in [0.1, 0.15) is 5.75 Å². The van der Waals surface area contributed by atoms with Crippen molar-refractivity contribution in [3.05, 3.63) is 59.7 Å². The van der Waals surface area contributed by atoms with E-state index in [1.807, 2.05) is 60.4 Å². The molecule has 3 rings (SSSR count). The number of carbonyl (C=O) groups is 2. The SMILES string of the molecule is CCOc1ccc(CC(=O)Nc2ccc(CC(=O)N3CCOCC3)cc2)cc1. The minimum absolute atomic E-state index is 0.0821. The van der Waals surface area contributed by atoms with Crippen LogP contribution in [-0.4, -0.2) is 49.6 Å². The summed E-state index contributed by atoms with van der Waals surface area (Å²) in [7, 11) is 0. The second-order valence-electron chi connectivity index (χ2n) is 6.67. The van der Waals surface area contributed by atoms with Crippen molar-refractivity contribution in [1.29, 1.82) is 0 Å². The molecule has 1 aliphatic heterocycles. The van der Waals surface area contributed by atoms with Gasteiger partial charge in [-0.1, -0.05) is 24.3 Å². The Bertz CT molecular complexity index is 781. The number of ether oxygens (including phenoxy) is 2. The molecule has 0 radical (unpaired) electrons. The van der Waals surface area contributed by atoms with Crippen molar-refractivity contribution < 1.29 is 19.1 Å². The summed E-state index contributed by atoms with van der Waals surface area (Å²) in [5.41, 5.74) is 2.58. The van der Waals surface area contributed by atoms with Crippen molar-refractivity contribution in [2.24, 2.45) is 0 Å². The summed E-state index contributed by atoms with van der Waals surface area (Å²) in [5, 5.41) is 2.89. The largest absolute Gasteiger partial charge is 0.494 e. The van der Waals surface area contributed by atoms with Crippen LogP contribution >= 0.6 is 0 Å². The van der Waals surface area contributed by atoms with E-state index in [4.69, 9.17) is 9.47 Å². The average molecular weight is 382 g/mol. The monoisotopic (exact) mass is 382 g/mol. The van der Waals surface area contributed by atoms with E-state index in [0.29, 0.717) is 45.8 Å². The molecule has 1 saturated heterocycles. The van der Waals surface area contributed by atoms with Gasteiger partial charge < -0.3 is 19.7 Å². The minimum atomic E-state index is -0.0821. The number of amides is 2. The number of hydrogen-bond acceptors (Lipinski definition) is 4. The van der Waals surface area contributed by atoms with E-state index in [1.165, 1.54) is 0 Å². The lowest BCUT2D eigenvalue weighted by molar-refractivity contribution is -0.134. The van der Waals surface area contributed by atoms with Crippen LogP contribution in [0.4, 0.5) is 5.69 Å². The summed E-state index contributed by atoms with van der Waals surface area (Å²) < 4.78 is 10.7. The lowest BCUT2D eigenvalue weighted by Gasteiger charge is -2.26. The predicted octanol–water partition coefficient (Wildman–Crippen LogP) is 2.67. The fraction of sp³-hybridized carbons (Fsp3) is 0.364. The number of carbonyl (C=O) groups excluding carboxylic acids is 2. The van der Waals surface area contributed by atoms with Gasteiger partial charge in [-0.3, -0.25) is 9.59 Å². The molecule has 0 atom stereocenters. The molecular formula is C22H26N2O4. The van der Waals surface area contributed by atoms with Crippen LogP contribution < -0.4 is 10.1 Å². The molecule has 148 valence electrons. The molecule has 1 N–H and O–H groups in total. The van der Waals surface area contributed by atoms with Gasteiger partial charge in [0.15, 0.2) is 0 Å². The Morgan fingerprint density at radius 2 is 1.57 bits per heavy atom. The predicted molar refractivity (Wildman–Crippen MR) is 107 cm³/mol. The lowest BCUT2D eigenvalue weighted by atomic mass is 10.1. The molecule has 6 nitrogen and oxygen atoms in total. The lowest BCUT2D eigenvalue weighted by Crippen LogP contribution is -2.41. The number of morpholine rings is 1. The van der Waals surface area contributed by atoms with Crippen LogP contribution in [0.25, 0.3) is 0 Å². The molecule has 6 heteroatoms. The van der Waals surface area contributed by atoms with Crippen LogP contribution in [0.15, 0.2) is 48.5 Å². The Labute approximate surface area is 165 Å². The fourth-order valence-electron chi connectivity index (χ4n) is 3.07. The van der Waals surface area contributed by atoms with Crippen molar-refractivity contribution in [3.8, 4) is 5.75 Å². The molecule has 0 saturated carbocycles. The molecule has 1 fully saturated rings. The molecule has 0 aliphatic carbocycles. The molecular weight excluding hydrogens is 356 g/mol. The van der Waals surface area contributed by atoms with E-state index in [-0.39, 0.29) is 11.8 Å². The summed E-state index contributed by atoms with van der Waals surface area (Å²) in [4.78, 5) is 26.4. The third-order valence-electron chi connectivity index (χ3n) is 4.56. The molecule has 1 heterocycles. The zero-order valence-electron chi connectivity index (χ0n) is 16.1. The first kappa shape index (κ1) is 19.9. The number of benzene rings is 2. The van der Waals surface area contributed by atoms with Gasteiger partial charge in [0.05, 0.1) is 32.7 Å². The standard InChI is InChI=1S/C22H26N2O4/c1-2-28-20-9-5-17(6-10-20)15-21(25)23-19-7-3-18(4-8-19)16-22(26)24-11-13-27-14-12-24/h3-10H,2,11-16H2,1H3,(H,23,25). The Kier molecular flexibility index (Phi) is 7.03. The summed E-state index contributed by atoms with van der Waals surface area (Å²) in [6.07, 6.45) is 0.657. The third-order valence-corrected chi connectivity index (χ3v) is 4.56. The van der Waals surface area contributed by atoms with Crippen molar-refractivity contribution in [2.45, 2.75) is 19.8 Å². The zero-order chi connectivity index (χ0) is 19.8. The maximum Gasteiger partial charge on any atom is 0.228 e. The van der Waals surface area contributed by atoms with Crippen LogP contribution in [0.2, 0.25) is 0 Å². The van der Waals surface area contributed by atoms with Crippen LogP contribution in [0, 0.1) is 0 Å². The van der Waals surface area contributed by atoms with Gasteiger partial charge in [-0.2, -0.15) is 0 Å². The molecule has 28 heavy (non-hydrogen) atoms. The topological polar surface area (TPSA) is 67.9 Å². The van der Waals surface area contributed by atoms with Gasteiger partial charge in [-0.05, 0) is 42.3 Å². The van der Waals surface area contributed by atoms with E-state index in [1.54, 1.807) is 0 Å². The highest BCUT2D eigenvalue weighted by atomic mass is 16.5. The van der Waals surface area contributed by atoms with E-state index in [2.05, 4.69) is 5.32 Å². The number of rotatable bonds is 7. The maximum atomic E-state index is 12.3. The van der Waals surface area contributed by atoms with Gasteiger partial charge >= 0.3 is 0 Å². The van der Waals surface area contributed by atoms with Crippen molar-refractivity contribution in [1.82, 2.24) is 4.90 Å². The van der Waals surface area contributed by atoms with Crippen molar-refractivity contribution >= 4 is 17.5 Å².